The fourth-order valence-corrected chi connectivity index (χ4v) is 2.92. The number of hydrogen-bond donors (Lipinski definition) is 0. The van der Waals surface area contributed by atoms with Gasteiger partial charge in [-0.05, 0) is 32.9 Å². The van der Waals surface area contributed by atoms with Gasteiger partial charge in [0, 0.05) is 17.1 Å². The molecule has 2 rings (SSSR count). The average Bonchev–Trinajstić information content (AvgIpc) is 2.83. The highest BCUT2D eigenvalue weighted by Gasteiger charge is 2.19. The first-order valence-electron chi connectivity index (χ1n) is 6.46. The Bertz CT molecular complexity index is 605. The number of carbonyl (C=O) groups excluding carboxylic acids is 1. The largest absolute Gasteiger partial charge is 0.464 e. The Morgan fingerprint density at radius 1 is 1.30 bits per heavy atom. The number of anilines is 2. The Morgan fingerprint density at radius 3 is 2.50 bits per heavy atom. The number of nitrogens with zero attached hydrogens (tertiary/aromatic N) is 2. The second-order valence-corrected chi connectivity index (χ2v) is 5.65. The Hall–Kier alpha value is -1.88. The van der Waals surface area contributed by atoms with Gasteiger partial charge < -0.3 is 9.64 Å². The predicted octanol–water partition coefficient (Wildman–Crippen LogP) is 3.70. The van der Waals surface area contributed by atoms with Crippen LogP contribution in [0.4, 0.5) is 10.8 Å². The summed E-state index contributed by atoms with van der Waals surface area (Å²) in [6, 6.07) is 8.26. The predicted molar refractivity (Wildman–Crippen MR) is 82.0 cm³/mol. The summed E-state index contributed by atoms with van der Waals surface area (Å²) in [4.78, 5) is 19.0. The molecule has 0 aliphatic heterocycles. The summed E-state index contributed by atoms with van der Waals surface area (Å²) in [6.07, 6.45) is 0. The molecule has 0 spiro atoms. The van der Waals surface area contributed by atoms with Crippen molar-refractivity contribution in [3.63, 3.8) is 0 Å². The van der Waals surface area contributed by atoms with Crippen LogP contribution >= 0.6 is 11.3 Å². The number of methoxy groups -OCH3 is 1. The highest BCUT2D eigenvalue weighted by Crippen LogP contribution is 2.31. The van der Waals surface area contributed by atoms with E-state index in [0.29, 0.717) is 5.69 Å². The zero-order chi connectivity index (χ0) is 14.7. The van der Waals surface area contributed by atoms with Crippen LogP contribution in [-0.2, 0) is 4.74 Å². The highest BCUT2D eigenvalue weighted by molar-refractivity contribution is 7.15. The molecule has 0 bridgehead atoms. The number of carbonyl (C=O) groups is 1. The van der Waals surface area contributed by atoms with Crippen molar-refractivity contribution in [2.24, 2.45) is 0 Å². The number of thiazole rings is 1. The summed E-state index contributed by atoms with van der Waals surface area (Å²) in [5, 5.41) is 0.814. The van der Waals surface area contributed by atoms with E-state index in [2.05, 4.69) is 48.0 Å². The van der Waals surface area contributed by atoms with Crippen LogP contribution in [0, 0.1) is 13.8 Å². The zero-order valence-electron chi connectivity index (χ0n) is 12.1. The third-order valence-corrected chi connectivity index (χ3v) is 4.05. The quantitative estimate of drug-likeness (QED) is 0.805. The zero-order valence-corrected chi connectivity index (χ0v) is 13.0. The monoisotopic (exact) mass is 290 g/mol. The first-order valence-corrected chi connectivity index (χ1v) is 7.28. The third kappa shape index (κ3) is 2.82. The van der Waals surface area contributed by atoms with Crippen LogP contribution in [0.3, 0.4) is 0 Å². The summed E-state index contributed by atoms with van der Waals surface area (Å²) in [5.41, 5.74) is 2.69. The van der Waals surface area contributed by atoms with Crippen LogP contribution in [-0.4, -0.2) is 24.6 Å². The Morgan fingerprint density at radius 2 is 1.95 bits per heavy atom. The fraction of sp³-hybridized carbons (Fsp3) is 0.333. The van der Waals surface area contributed by atoms with Crippen LogP contribution in [0.25, 0.3) is 0 Å². The molecule has 0 aliphatic carbocycles. The molecule has 0 atom stereocenters. The summed E-state index contributed by atoms with van der Waals surface area (Å²) in [5.74, 6) is -0.384. The van der Waals surface area contributed by atoms with Crippen LogP contribution in [0.15, 0.2) is 24.3 Å². The van der Waals surface area contributed by atoms with Gasteiger partial charge in [-0.3, -0.25) is 0 Å². The maximum absolute atomic E-state index is 11.6. The number of aryl methyl sites for hydroxylation is 2. The normalized spacial score (nSPS) is 10.4. The van der Waals surface area contributed by atoms with Gasteiger partial charge in [0.25, 0.3) is 0 Å². The minimum absolute atomic E-state index is 0.384. The van der Waals surface area contributed by atoms with E-state index in [4.69, 9.17) is 4.74 Å². The van der Waals surface area contributed by atoms with Gasteiger partial charge in [0.05, 0.1) is 7.11 Å². The van der Waals surface area contributed by atoms with Gasteiger partial charge in [-0.2, -0.15) is 0 Å². The first-order chi connectivity index (χ1) is 9.56. The Balaban J connectivity index is 2.37. The summed E-state index contributed by atoms with van der Waals surface area (Å²) in [6.45, 7) is 6.80. The van der Waals surface area contributed by atoms with E-state index in [1.165, 1.54) is 24.0 Å². The molecule has 0 N–H and O–H groups in total. The second-order valence-electron chi connectivity index (χ2n) is 4.47. The van der Waals surface area contributed by atoms with Crippen molar-refractivity contribution in [2.75, 3.05) is 18.6 Å². The maximum Gasteiger partial charge on any atom is 0.357 e. The molecule has 2 aromatic rings. The molecular weight excluding hydrogens is 272 g/mol. The van der Waals surface area contributed by atoms with Crippen LogP contribution in [0.1, 0.15) is 27.9 Å². The van der Waals surface area contributed by atoms with Gasteiger partial charge in [0.2, 0.25) is 0 Å². The first kappa shape index (κ1) is 14.5. The summed E-state index contributed by atoms with van der Waals surface area (Å²) >= 11 is 1.50. The van der Waals surface area contributed by atoms with Gasteiger partial charge in [-0.1, -0.05) is 17.7 Å². The lowest BCUT2D eigenvalue weighted by atomic mass is 10.2. The minimum atomic E-state index is -0.384. The summed E-state index contributed by atoms with van der Waals surface area (Å²) in [7, 11) is 1.37. The lowest BCUT2D eigenvalue weighted by Gasteiger charge is -2.19. The number of esters is 1. The van der Waals surface area contributed by atoms with Crippen molar-refractivity contribution in [3.05, 3.63) is 40.4 Å². The van der Waals surface area contributed by atoms with E-state index < -0.39 is 0 Å². The van der Waals surface area contributed by atoms with E-state index in [1.807, 2.05) is 6.92 Å². The molecule has 1 aromatic heterocycles. The van der Waals surface area contributed by atoms with Gasteiger partial charge in [0.15, 0.2) is 10.8 Å². The van der Waals surface area contributed by atoms with Crippen LogP contribution in [0.2, 0.25) is 0 Å². The SMILES string of the molecule is CCN(c1ccc(C)cc1)c1nc(C(=O)OC)c(C)s1. The molecule has 0 radical (unpaired) electrons. The number of ether oxygens (including phenoxy) is 1. The Kier molecular flexibility index (Phi) is 4.39. The molecule has 1 heterocycles. The topological polar surface area (TPSA) is 42.4 Å². The molecule has 0 unspecified atom stereocenters. The molecule has 0 saturated carbocycles. The third-order valence-electron chi connectivity index (χ3n) is 3.06. The van der Waals surface area contributed by atoms with Gasteiger partial charge in [-0.15, -0.1) is 11.3 Å². The molecule has 0 saturated heterocycles. The van der Waals surface area contributed by atoms with Crippen molar-refractivity contribution < 1.29 is 9.53 Å². The van der Waals surface area contributed by atoms with Gasteiger partial charge >= 0.3 is 5.97 Å². The van der Waals surface area contributed by atoms with E-state index in [0.717, 1.165) is 22.2 Å². The molecule has 1 aromatic carbocycles. The highest BCUT2D eigenvalue weighted by atomic mass is 32.1. The molecule has 0 amide bonds. The molecule has 4 nitrogen and oxygen atoms in total. The molecule has 0 aliphatic rings. The maximum atomic E-state index is 11.6. The number of hydrogen-bond acceptors (Lipinski definition) is 5. The Labute approximate surface area is 123 Å². The standard InChI is InChI=1S/C15H18N2O2S/c1-5-17(12-8-6-10(2)7-9-12)15-16-13(11(3)20-15)14(18)19-4/h6-9H,5H2,1-4H3. The van der Waals surface area contributed by atoms with Crippen molar-refractivity contribution in [1.29, 1.82) is 0 Å². The molecule has 5 heteroatoms. The van der Waals surface area contributed by atoms with E-state index in [1.54, 1.807) is 0 Å². The fourth-order valence-electron chi connectivity index (χ4n) is 1.94. The number of aromatic nitrogens is 1. The van der Waals surface area contributed by atoms with Crippen molar-refractivity contribution in [2.45, 2.75) is 20.8 Å². The second kappa shape index (κ2) is 6.05. The number of benzene rings is 1. The van der Waals surface area contributed by atoms with Crippen molar-refractivity contribution in [1.82, 2.24) is 4.98 Å². The molecular formula is C15H18N2O2S. The van der Waals surface area contributed by atoms with E-state index >= 15 is 0 Å². The van der Waals surface area contributed by atoms with E-state index in [-0.39, 0.29) is 5.97 Å². The lowest BCUT2D eigenvalue weighted by Crippen LogP contribution is -2.16. The smallest absolute Gasteiger partial charge is 0.357 e. The number of rotatable bonds is 4. The molecule has 20 heavy (non-hydrogen) atoms. The lowest BCUT2D eigenvalue weighted by molar-refractivity contribution is 0.0594. The molecule has 0 fully saturated rings. The minimum Gasteiger partial charge on any atom is -0.464 e. The van der Waals surface area contributed by atoms with Crippen LogP contribution < -0.4 is 4.90 Å². The summed E-state index contributed by atoms with van der Waals surface area (Å²) < 4.78 is 4.75. The van der Waals surface area contributed by atoms with Gasteiger partial charge in [0.1, 0.15) is 0 Å². The van der Waals surface area contributed by atoms with Gasteiger partial charge in [-0.25, -0.2) is 9.78 Å². The van der Waals surface area contributed by atoms with Crippen molar-refractivity contribution in [3.8, 4) is 0 Å². The van der Waals surface area contributed by atoms with Crippen LogP contribution in [0.5, 0.6) is 0 Å². The molecule has 106 valence electrons. The van der Waals surface area contributed by atoms with Crippen molar-refractivity contribution >= 4 is 28.1 Å². The van der Waals surface area contributed by atoms with E-state index in [9.17, 15) is 4.79 Å². The average molecular weight is 290 g/mol.